The molecule has 2 rings (SSSR count). The molecule has 0 aromatic heterocycles. The molecule has 2 nitrogen and oxygen atoms in total. The van der Waals surface area contributed by atoms with Crippen molar-refractivity contribution in [3.05, 3.63) is 35.4 Å². The third-order valence-electron chi connectivity index (χ3n) is 2.65. The van der Waals surface area contributed by atoms with E-state index in [0.717, 1.165) is 12.1 Å². The van der Waals surface area contributed by atoms with Crippen molar-refractivity contribution in [1.82, 2.24) is 5.32 Å². The highest BCUT2D eigenvalue weighted by Gasteiger charge is 2.31. The van der Waals surface area contributed by atoms with Crippen LogP contribution in [-0.4, -0.2) is 18.9 Å². The first-order chi connectivity index (χ1) is 7.48. The molecule has 0 radical (unpaired) electrons. The van der Waals surface area contributed by atoms with Gasteiger partial charge in [-0.25, -0.2) is 0 Å². The highest BCUT2D eigenvalue weighted by atomic mass is 19.4. The molecule has 0 unspecified atom stereocenters. The Labute approximate surface area is 90.5 Å². The minimum atomic E-state index is -4.35. The molecule has 0 bridgehead atoms. The molecule has 86 valence electrons. The Balaban J connectivity index is 2.15. The van der Waals surface area contributed by atoms with Crippen molar-refractivity contribution in [2.75, 3.05) is 13.1 Å². The molecule has 1 heterocycles. The molecule has 1 aromatic rings. The van der Waals surface area contributed by atoms with Gasteiger partial charge in [0.1, 0.15) is 0 Å². The van der Waals surface area contributed by atoms with E-state index in [-0.39, 0.29) is 11.7 Å². The lowest BCUT2D eigenvalue weighted by atomic mass is 9.92. The summed E-state index contributed by atoms with van der Waals surface area (Å²) in [5.41, 5.74) is -0.379. The molecule has 1 saturated heterocycles. The van der Waals surface area contributed by atoms with Crippen molar-refractivity contribution < 1.29 is 18.0 Å². The van der Waals surface area contributed by atoms with E-state index in [1.807, 2.05) is 0 Å². The molecule has 0 amide bonds. The van der Waals surface area contributed by atoms with Crippen molar-refractivity contribution in [3.8, 4) is 0 Å². The number of carbonyl (C=O) groups is 1. The number of hydrogen-bond donors (Lipinski definition) is 1. The monoisotopic (exact) mass is 229 g/mol. The van der Waals surface area contributed by atoms with Crippen LogP contribution in [0.5, 0.6) is 0 Å². The fourth-order valence-corrected chi connectivity index (χ4v) is 1.53. The van der Waals surface area contributed by atoms with E-state index < -0.39 is 11.7 Å². The maximum atomic E-state index is 12.3. The number of halogens is 3. The lowest BCUT2D eigenvalue weighted by Gasteiger charge is -2.25. The summed E-state index contributed by atoms with van der Waals surface area (Å²) >= 11 is 0. The fraction of sp³-hybridized carbons (Fsp3) is 0.364. The largest absolute Gasteiger partial charge is 0.416 e. The first-order valence-corrected chi connectivity index (χ1v) is 4.90. The molecule has 0 spiro atoms. The summed E-state index contributed by atoms with van der Waals surface area (Å²) in [7, 11) is 0. The number of nitrogens with one attached hydrogen (secondary N) is 1. The summed E-state index contributed by atoms with van der Waals surface area (Å²) in [5, 5.41) is 2.95. The molecule has 1 aliphatic rings. The van der Waals surface area contributed by atoms with Crippen LogP contribution in [0.25, 0.3) is 0 Å². The summed E-state index contributed by atoms with van der Waals surface area (Å²) in [5.74, 6) is -0.177. The van der Waals surface area contributed by atoms with Crippen LogP contribution in [0.3, 0.4) is 0 Å². The van der Waals surface area contributed by atoms with Crippen LogP contribution in [0.15, 0.2) is 24.3 Å². The number of alkyl halides is 3. The van der Waals surface area contributed by atoms with Gasteiger partial charge in [-0.05, 0) is 12.1 Å². The van der Waals surface area contributed by atoms with Crippen LogP contribution in [0.4, 0.5) is 13.2 Å². The van der Waals surface area contributed by atoms with E-state index in [2.05, 4.69) is 5.32 Å². The number of rotatable bonds is 2. The average molecular weight is 229 g/mol. The smallest absolute Gasteiger partial charge is 0.315 e. The predicted molar refractivity (Wildman–Crippen MR) is 52.1 cm³/mol. The highest BCUT2D eigenvalue weighted by molar-refractivity contribution is 5.98. The standard InChI is InChI=1S/C11H10F3NO/c12-11(13,14)9-3-1-7(2-4-9)10(16)8-5-15-6-8/h1-4,8,15H,5-6H2. The molecule has 0 aliphatic carbocycles. The molecule has 1 N–H and O–H groups in total. The van der Waals surface area contributed by atoms with Gasteiger partial charge in [-0.15, -0.1) is 0 Å². The first kappa shape index (κ1) is 11.1. The maximum Gasteiger partial charge on any atom is 0.416 e. The molecule has 0 saturated carbocycles. The Kier molecular flexibility index (Phi) is 2.71. The van der Waals surface area contributed by atoms with Gasteiger partial charge in [-0.1, -0.05) is 12.1 Å². The SMILES string of the molecule is O=C(c1ccc(C(F)(F)F)cc1)C1CNC1. The van der Waals surface area contributed by atoms with Crippen molar-refractivity contribution in [1.29, 1.82) is 0 Å². The molecule has 0 atom stereocenters. The van der Waals surface area contributed by atoms with Gasteiger partial charge in [-0.2, -0.15) is 13.2 Å². The van der Waals surface area contributed by atoms with Gasteiger partial charge in [0.2, 0.25) is 0 Å². The van der Waals surface area contributed by atoms with Crippen LogP contribution in [0.2, 0.25) is 0 Å². The zero-order valence-electron chi connectivity index (χ0n) is 8.34. The topological polar surface area (TPSA) is 29.1 Å². The van der Waals surface area contributed by atoms with Gasteiger partial charge in [-0.3, -0.25) is 4.79 Å². The van der Waals surface area contributed by atoms with E-state index in [9.17, 15) is 18.0 Å². The Morgan fingerprint density at radius 1 is 1.19 bits per heavy atom. The molecular formula is C11H10F3NO. The fourth-order valence-electron chi connectivity index (χ4n) is 1.53. The molecule has 1 aromatic carbocycles. The van der Waals surface area contributed by atoms with Gasteiger partial charge in [0, 0.05) is 24.6 Å². The molecule has 1 aliphatic heterocycles. The van der Waals surface area contributed by atoms with Crippen molar-refractivity contribution >= 4 is 5.78 Å². The van der Waals surface area contributed by atoms with Gasteiger partial charge in [0.25, 0.3) is 0 Å². The van der Waals surface area contributed by atoms with Crippen LogP contribution < -0.4 is 5.32 Å². The number of carbonyl (C=O) groups excluding carboxylic acids is 1. The normalized spacial score (nSPS) is 16.9. The summed E-state index contributed by atoms with van der Waals surface area (Å²) in [4.78, 5) is 11.7. The number of benzene rings is 1. The van der Waals surface area contributed by atoms with Gasteiger partial charge < -0.3 is 5.32 Å². The van der Waals surface area contributed by atoms with Crippen LogP contribution in [0, 0.1) is 5.92 Å². The zero-order chi connectivity index (χ0) is 11.8. The lowest BCUT2D eigenvalue weighted by molar-refractivity contribution is -0.137. The molecule has 16 heavy (non-hydrogen) atoms. The zero-order valence-corrected chi connectivity index (χ0v) is 8.34. The number of hydrogen-bond acceptors (Lipinski definition) is 2. The second-order valence-corrected chi connectivity index (χ2v) is 3.79. The predicted octanol–water partition coefficient (Wildman–Crippen LogP) is 2.11. The van der Waals surface area contributed by atoms with Crippen molar-refractivity contribution in [3.63, 3.8) is 0 Å². The summed E-state index contributed by atoms with van der Waals surface area (Å²) in [6, 6.07) is 4.37. The van der Waals surface area contributed by atoms with Gasteiger partial charge in [0.15, 0.2) is 5.78 Å². The van der Waals surface area contributed by atoms with Gasteiger partial charge in [0.05, 0.1) is 5.56 Å². The van der Waals surface area contributed by atoms with E-state index in [0.29, 0.717) is 18.7 Å². The van der Waals surface area contributed by atoms with E-state index in [1.165, 1.54) is 12.1 Å². The van der Waals surface area contributed by atoms with Crippen molar-refractivity contribution in [2.24, 2.45) is 5.92 Å². The third kappa shape index (κ3) is 2.09. The molecule has 1 fully saturated rings. The van der Waals surface area contributed by atoms with Crippen LogP contribution in [-0.2, 0) is 6.18 Å². The molecule has 5 heteroatoms. The third-order valence-corrected chi connectivity index (χ3v) is 2.65. The van der Waals surface area contributed by atoms with E-state index >= 15 is 0 Å². The minimum Gasteiger partial charge on any atom is -0.315 e. The Bertz CT molecular complexity index is 393. The lowest BCUT2D eigenvalue weighted by Crippen LogP contribution is -2.46. The summed E-state index contributed by atoms with van der Waals surface area (Å²) < 4.78 is 36.8. The summed E-state index contributed by atoms with van der Waals surface area (Å²) in [6.07, 6.45) is -4.35. The van der Waals surface area contributed by atoms with Crippen LogP contribution in [0.1, 0.15) is 15.9 Å². The van der Waals surface area contributed by atoms with Crippen molar-refractivity contribution in [2.45, 2.75) is 6.18 Å². The minimum absolute atomic E-state index is 0.0864. The Morgan fingerprint density at radius 3 is 2.12 bits per heavy atom. The second-order valence-electron chi connectivity index (χ2n) is 3.79. The number of Topliss-reactive ketones (excluding diaryl/α,β-unsaturated/α-hetero) is 1. The molecular weight excluding hydrogens is 219 g/mol. The number of ketones is 1. The Morgan fingerprint density at radius 2 is 1.75 bits per heavy atom. The summed E-state index contributed by atoms with van der Waals surface area (Å²) in [6.45, 7) is 1.22. The van der Waals surface area contributed by atoms with Crippen LogP contribution >= 0.6 is 0 Å². The second kappa shape index (κ2) is 3.90. The Hall–Kier alpha value is -1.36. The average Bonchev–Trinajstić information content (AvgIpc) is 2.14. The van der Waals surface area contributed by atoms with E-state index in [4.69, 9.17) is 0 Å². The highest BCUT2D eigenvalue weighted by Crippen LogP contribution is 2.29. The first-order valence-electron chi connectivity index (χ1n) is 4.90. The quantitative estimate of drug-likeness (QED) is 0.787. The van der Waals surface area contributed by atoms with Gasteiger partial charge >= 0.3 is 6.18 Å². The van der Waals surface area contributed by atoms with E-state index in [1.54, 1.807) is 0 Å². The maximum absolute atomic E-state index is 12.3.